The first-order valence-electron chi connectivity index (χ1n) is 6.68. The highest BCUT2D eigenvalue weighted by molar-refractivity contribution is 6.34. The number of hydrogen-bond donors (Lipinski definition) is 2. The number of amides is 2. The van der Waals surface area contributed by atoms with Crippen LogP contribution in [0.1, 0.15) is 17.3 Å². The molecule has 5 nitrogen and oxygen atoms in total. The topological polar surface area (TPSA) is 81.4 Å². The lowest BCUT2D eigenvalue weighted by Crippen LogP contribution is -2.30. The lowest BCUT2D eigenvalue weighted by Gasteiger charge is -2.15. The Labute approximate surface area is 143 Å². The van der Waals surface area contributed by atoms with E-state index in [0.29, 0.717) is 27.0 Å². The largest absolute Gasteiger partial charge is 0.481 e. The molecule has 0 fully saturated rings. The molecule has 120 valence electrons. The Morgan fingerprint density at radius 1 is 1.09 bits per heavy atom. The van der Waals surface area contributed by atoms with Crippen molar-refractivity contribution in [1.82, 2.24) is 0 Å². The first kappa shape index (κ1) is 17.1. The maximum absolute atomic E-state index is 12.1. The van der Waals surface area contributed by atoms with Crippen LogP contribution in [0.15, 0.2) is 42.5 Å². The minimum absolute atomic E-state index is 0.354. The van der Waals surface area contributed by atoms with Gasteiger partial charge in [0.1, 0.15) is 5.75 Å². The van der Waals surface area contributed by atoms with Gasteiger partial charge in [-0.2, -0.15) is 0 Å². The summed E-state index contributed by atoms with van der Waals surface area (Å²) in [5, 5.41) is 3.51. The van der Waals surface area contributed by atoms with Gasteiger partial charge in [-0.3, -0.25) is 9.59 Å². The van der Waals surface area contributed by atoms with E-state index in [1.807, 2.05) is 0 Å². The van der Waals surface area contributed by atoms with Crippen molar-refractivity contribution in [1.29, 1.82) is 0 Å². The van der Waals surface area contributed by atoms with E-state index in [4.69, 9.17) is 33.7 Å². The molecule has 0 saturated carbocycles. The molecule has 7 heteroatoms. The minimum atomic E-state index is -0.764. The average Bonchev–Trinajstić information content (AvgIpc) is 2.46. The van der Waals surface area contributed by atoms with E-state index in [9.17, 15) is 9.59 Å². The Morgan fingerprint density at radius 3 is 2.17 bits per heavy atom. The smallest absolute Gasteiger partial charge is 0.265 e. The molecule has 2 aromatic rings. The maximum atomic E-state index is 12.1. The quantitative estimate of drug-likeness (QED) is 0.863. The van der Waals surface area contributed by atoms with Gasteiger partial charge in [-0.1, -0.05) is 23.2 Å². The summed E-state index contributed by atoms with van der Waals surface area (Å²) in [7, 11) is 0. The van der Waals surface area contributed by atoms with Crippen molar-refractivity contribution in [3.8, 4) is 5.75 Å². The third kappa shape index (κ3) is 4.87. The molecule has 0 heterocycles. The van der Waals surface area contributed by atoms with Crippen LogP contribution in [0.2, 0.25) is 10.0 Å². The van der Waals surface area contributed by atoms with Gasteiger partial charge in [-0.05, 0) is 49.4 Å². The molecule has 1 atom stereocenters. The van der Waals surface area contributed by atoms with Crippen LogP contribution in [0, 0.1) is 0 Å². The highest BCUT2D eigenvalue weighted by Crippen LogP contribution is 2.25. The van der Waals surface area contributed by atoms with Crippen molar-refractivity contribution in [2.75, 3.05) is 5.32 Å². The van der Waals surface area contributed by atoms with Crippen molar-refractivity contribution in [3.63, 3.8) is 0 Å². The van der Waals surface area contributed by atoms with Crippen LogP contribution in [-0.4, -0.2) is 17.9 Å². The van der Waals surface area contributed by atoms with Crippen molar-refractivity contribution in [2.24, 2.45) is 5.73 Å². The van der Waals surface area contributed by atoms with Crippen molar-refractivity contribution in [2.45, 2.75) is 13.0 Å². The molecular formula is C16H14Cl2N2O3. The predicted octanol–water partition coefficient (Wildman–Crippen LogP) is 3.50. The summed E-state index contributed by atoms with van der Waals surface area (Å²) in [6, 6.07) is 10.9. The molecule has 0 aliphatic heterocycles. The Hall–Kier alpha value is -2.24. The molecule has 0 unspecified atom stereocenters. The molecule has 0 aliphatic carbocycles. The molecule has 0 aliphatic rings. The fraction of sp³-hybridized carbons (Fsp3) is 0.125. The molecular weight excluding hydrogens is 339 g/mol. The highest BCUT2D eigenvalue weighted by Gasteiger charge is 2.15. The van der Waals surface area contributed by atoms with Crippen LogP contribution in [0.3, 0.4) is 0 Å². The second-order valence-electron chi connectivity index (χ2n) is 4.80. The number of carbonyl (C=O) groups excluding carboxylic acids is 2. The Balaban J connectivity index is 2.00. The average molecular weight is 353 g/mol. The second-order valence-corrected chi connectivity index (χ2v) is 5.67. The van der Waals surface area contributed by atoms with Gasteiger partial charge in [0.25, 0.3) is 5.91 Å². The number of benzene rings is 2. The summed E-state index contributed by atoms with van der Waals surface area (Å²) in [5.41, 5.74) is 6.05. The molecule has 2 amide bonds. The van der Waals surface area contributed by atoms with Crippen LogP contribution >= 0.6 is 23.2 Å². The molecule has 2 aromatic carbocycles. The zero-order valence-corrected chi connectivity index (χ0v) is 13.7. The van der Waals surface area contributed by atoms with Crippen molar-refractivity contribution < 1.29 is 14.3 Å². The van der Waals surface area contributed by atoms with E-state index >= 15 is 0 Å². The Morgan fingerprint density at radius 2 is 1.65 bits per heavy atom. The summed E-state index contributed by atoms with van der Waals surface area (Å²) in [4.78, 5) is 23.1. The zero-order chi connectivity index (χ0) is 17.0. The minimum Gasteiger partial charge on any atom is -0.481 e. The molecule has 2 rings (SSSR count). The monoisotopic (exact) mass is 352 g/mol. The lowest BCUT2D eigenvalue weighted by atomic mass is 10.2. The normalized spacial score (nSPS) is 11.6. The van der Waals surface area contributed by atoms with Crippen LogP contribution in [0.4, 0.5) is 5.69 Å². The molecule has 0 radical (unpaired) electrons. The summed E-state index contributed by atoms with van der Waals surface area (Å²) in [5.74, 6) is -0.487. The van der Waals surface area contributed by atoms with Crippen molar-refractivity contribution in [3.05, 3.63) is 58.1 Å². The van der Waals surface area contributed by atoms with E-state index in [1.54, 1.807) is 37.3 Å². The number of nitrogens with one attached hydrogen (secondary N) is 1. The van der Waals surface area contributed by atoms with Crippen LogP contribution in [0.5, 0.6) is 5.75 Å². The third-order valence-corrected chi connectivity index (χ3v) is 3.39. The second kappa shape index (κ2) is 7.35. The molecule has 0 spiro atoms. The molecule has 3 N–H and O–H groups in total. The summed E-state index contributed by atoms with van der Waals surface area (Å²) in [6.45, 7) is 1.60. The third-order valence-electron chi connectivity index (χ3n) is 2.96. The number of nitrogens with two attached hydrogens (primary N) is 1. The summed E-state index contributed by atoms with van der Waals surface area (Å²) in [6.07, 6.45) is -0.764. The molecule has 0 bridgehead atoms. The van der Waals surface area contributed by atoms with Gasteiger partial charge < -0.3 is 15.8 Å². The van der Waals surface area contributed by atoms with Gasteiger partial charge in [0.05, 0.1) is 0 Å². The van der Waals surface area contributed by atoms with Gasteiger partial charge in [0.2, 0.25) is 5.91 Å². The number of rotatable bonds is 5. The van der Waals surface area contributed by atoms with Crippen LogP contribution < -0.4 is 15.8 Å². The Kier molecular flexibility index (Phi) is 5.47. The first-order chi connectivity index (χ1) is 10.8. The summed E-state index contributed by atoms with van der Waals surface area (Å²) < 4.78 is 5.52. The summed E-state index contributed by atoms with van der Waals surface area (Å²) >= 11 is 11.8. The molecule has 0 saturated heterocycles. The first-order valence-corrected chi connectivity index (χ1v) is 7.44. The van der Waals surface area contributed by atoms with Gasteiger partial charge in [-0.15, -0.1) is 0 Å². The lowest BCUT2D eigenvalue weighted by molar-refractivity contribution is -0.122. The van der Waals surface area contributed by atoms with E-state index in [1.165, 1.54) is 12.1 Å². The fourth-order valence-corrected chi connectivity index (χ4v) is 2.32. The number of halogens is 2. The number of carbonyl (C=O) groups is 2. The van der Waals surface area contributed by atoms with Crippen molar-refractivity contribution >= 4 is 40.7 Å². The van der Waals surface area contributed by atoms with Gasteiger partial charge in [0.15, 0.2) is 6.10 Å². The number of primary amides is 1. The van der Waals surface area contributed by atoms with E-state index in [0.717, 1.165) is 0 Å². The number of anilines is 1. The van der Waals surface area contributed by atoms with Crippen LogP contribution in [-0.2, 0) is 4.79 Å². The van der Waals surface area contributed by atoms with E-state index in [2.05, 4.69) is 5.32 Å². The number of ether oxygens (including phenoxy) is 1. The predicted molar refractivity (Wildman–Crippen MR) is 90.1 cm³/mol. The standard InChI is InChI=1S/C16H14Cl2N2O3/c1-9(23-14-7-11(17)6-12(18)8-14)16(22)20-13-4-2-10(3-5-13)15(19)21/h2-9H,1H3,(H2,19,21)(H,20,22)/t9-/m1/s1. The van der Waals surface area contributed by atoms with E-state index < -0.39 is 12.0 Å². The van der Waals surface area contributed by atoms with Gasteiger partial charge >= 0.3 is 0 Å². The molecule has 23 heavy (non-hydrogen) atoms. The molecule has 0 aromatic heterocycles. The zero-order valence-electron chi connectivity index (χ0n) is 12.2. The number of hydrogen-bond acceptors (Lipinski definition) is 3. The fourth-order valence-electron chi connectivity index (χ4n) is 1.82. The highest BCUT2D eigenvalue weighted by atomic mass is 35.5. The van der Waals surface area contributed by atoms with Gasteiger partial charge in [0, 0.05) is 21.3 Å². The SMILES string of the molecule is C[C@@H](Oc1cc(Cl)cc(Cl)c1)C(=O)Nc1ccc(C(N)=O)cc1. The Bertz CT molecular complexity index is 712. The van der Waals surface area contributed by atoms with Gasteiger partial charge in [-0.25, -0.2) is 0 Å². The van der Waals surface area contributed by atoms with E-state index in [-0.39, 0.29) is 5.91 Å². The van der Waals surface area contributed by atoms with Crippen LogP contribution in [0.25, 0.3) is 0 Å². The maximum Gasteiger partial charge on any atom is 0.265 e.